The Morgan fingerprint density at radius 3 is 2.79 bits per heavy atom. The second kappa shape index (κ2) is 5.03. The van der Waals surface area contributed by atoms with E-state index in [4.69, 9.17) is 0 Å². The van der Waals surface area contributed by atoms with Crippen LogP contribution in [0.4, 0.5) is 0 Å². The number of nitrogens with one attached hydrogen (secondary N) is 1. The molecule has 0 radical (unpaired) electrons. The summed E-state index contributed by atoms with van der Waals surface area (Å²) < 4.78 is 1.70. The van der Waals surface area contributed by atoms with E-state index in [1.807, 2.05) is 6.20 Å². The van der Waals surface area contributed by atoms with Crippen LogP contribution in [0.5, 0.6) is 0 Å². The topological polar surface area (TPSA) is 37.8 Å². The highest BCUT2D eigenvalue weighted by molar-refractivity contribution is 5.04. The van der Waals surface area contributed by atoms with Gasteiger partial charge in [-0.3, -0.25) is 9.48 Å². The number of nitrogens with zero attached hydrogens (tertiary/aromatic N) is 1. The first kappa shape index (κ1) is 11.1. The van der Waals surface area contributed by atoms with Gasteiger partial charge in [0.1, 0.15) is 0 Å². The Labute approximate surface area is 85.1 Å². The molecule has 0 saturated heterocycles. The number of rotatable bonds is 5. The lowest BCUT2D eigenvalue weighted by molar-refractivity contribution is 0.472. The Hall–Kier alpha value is -0.990. The second-order valence-electron chi connectivity index (χ2n) is 4.21. The molecule has 0 aliphatic rings. The van der Waals surface area contributed by atoms with Crippen molar-refractivity contribution in [1.29, 1.82) is 0 Å². The molecule has 3 heteroatoms. The van der Waals surface area contributed by atoms with Crippen LogP contribution in [-0.2, 0) is 13.0 Å². The van der Waals surface area contributed by atoms with E-state index in [0.29, 0.717) is 5.92 Å². The molecule has 1 aromatic rings. The largest absolute Gasteiger partial charge is 0.303 e. The van der Waals surface area contributed by atoms with Crippen molar-refractivity contribution in [2.45, 2.75) is 46.6 Å². The average Bonchev–Trinajstić information content (AvgIpc) is 2.45. The van der Waals surface area contributed by atoms with Crippen molar-refractivity contribution in [2.75, 3.05) is 0 Å². The molecule has 1 N–H and O–H groups in total. The fourth-order valence-corrected chi connectivity index (χ4v) is 1.50. The highest BCUT2D eigenvalue weighted by Gasteiger charge is 2.06. The molecule has 14 heavy (non-hydrogen) atoms. The summed E-state index contributed by atoms with van der Waals surface area (Å²) >= 11 is 0. The average molecular weight is 196 g/mol. The Kier molecular flexibility index (Phi) is 3.98. The first-order chi connectivity index (χ1) is 6.65. The normalized spacial score (nSPS) is 11.1. The quantitative estimate of drug-likeness (QED) is 0.770. The van der Waals surface area contributed by atoms with Gasteiger partial charge >= 0.3 is 0 Å². The van der Waals surface area contributed by atoms with Gasteiger partial charge < -0.3 is 5.10 Å². The minimum Gasteiger partial charge on any atom is -0.303 e. The van der Waals surface area contributed by atoms with Crippen LogP contribution in [0.1, 0.15) is 39.2 Å². The monoisotopic (exact) mass is 196 g/mol. The molecule has 1 rings (SSSR count). The zero-order valence-electron chi connectivity index (χ0n) is 9.34. The minimum absolute atomic E-state index is 0.159. The zero-order valence-corrected chi connectivity index (χ0v) is 9.34. The second-order valence-corrected chi connectivity index (χ2v) is 4.21. The van der Waals surface area contributed by atoms with Crippen LogP contribution >= 0.6 is 0 Å². The fraction of sp³-hybridized carbons (Fsp3) is 0.727. The summed E-state index contributed by atoms with van der Waals surface area (Å²) in [6.07, 6.45) is 4.97. The lowest BCUT2D eigenvalue weighted by Gasteiger charge is -2.03. The third kappa shape index (κ3) is 2.76. The molecule has 1 aromatic heterocycles. The van der Waals surface area contributed by atoms with Gasteiger partial charge in [-0.1, -0.05) is 27.2 Å². The number of aryl methyl sites for hydroxylation is 1. The van der Waals surface area contributed by atoms with Crippen molar-refractivity contribution in [3.63, 3.8) is 0 Å². The fourth-order valence-electron chi connectivity index (χ4n) is 1.50. The van der Waals surface area contributed by atoms with Crippen molar-refractivity contribution in [3.05, 3.63) is 22.1 Å². The summed E-state index contributed by atoms with van der Waals surface area (Å²) in [5.74, 6) is 0.505. The van der Waals surface area contributed by atoms with Crippen LogP contribution in [0.2, 0.25) is 0 Å². The van der Waals surface area contributed by atoms with Crippen LogP contribution in [0, 0.1) is 5.92 Å². The molecule has 0 aliphatic heterocycles. The van der Waals surface area contributed by atoms with Gasteiger partial charge in [-0.15, -0.1) is 0 Å². The van der Waals surface area contributed by atoms with E-state index in [2.05, 4.69) is 25.9 Å². The van der Waals surface area contributed by atoms with E-state index in [9.17, 15) is 4.79 Å². The smallest absolute Gasteiger partial charge is 0.269 e. The molecule has 80 valence electrons. The molecule has 0 atom stereocenters. The van der Waals surface area contributed by atoms with E-state index in [1.54, 1.807) is 4.68 Å². The molecule has 0 unspecified atom stereocenters. The van der Waals surface area contributed by atoms with Gasteiger partial charge in [0.2, 0.25) is 0 Å². The molecule has 0 bridgehead atoms. The first-order valence-corrected chi connectivity index (χ1v) is 5.42. The summed E-state index contributed by atoms with van der Waals surface area (Å²) in [7, 11) is 0. The number of aromatic amines is 1. The maximum Gasteiger partial charge on any atom is 0.269 e. The van der Waals surface area contributed by atoms with Gasteiger partial charge in [0.25, 0.3) is 5.56 Å². The van der Waals surface area contributed by atoms with Crippen molar-refractivity contribution >= 4 is 0 Å². The Morgan fingerprint density at radius 1 is 1.50 bits per heavy atom. The van der Waals surface area contributed by atoms with Crippen LogP contribution < -0.4 is 5.56 Å². The summed E-state index contributed by atoms with van der Waals surface area (Å²) in [6, 6.07) is 0. The number of hydrogen-bond donors (Lipinski definition) is 1. The van der Waals surface area contributed by atoms with Crippen molar-refractivity contribution in [2.24, 2.45) is 5.92 Å². The van der Waals surface area contributed by atoms with Crippen molar-refractivity contribution < 1.29 is 0 Å². The van der Waals surface area contributed by atoms with Crippen LogP contribution in [0.15, 0.2) is 11.0 Å². The van der Waals surface area contributed by atoms with Crippen LogP contribution in [0.25, 0.3) is 0 Å². The number of H-pyrrole nitrogens is 1. The maximum atomic E-state index is 11.7. The summed E-state index contributed by atoms with van der Waals surface area (Å²) in [5.41, 5.74) is 1.08. The molecule has 0 fully saturated rings. The highest BCUT2D eigenvalue weighted by Crippen LogP contribution is 2.00. The van der Waals surface area contributed by atoms with E-state index in [0.717, 1.165) is 31.4 Å². The molecular formula is C11H20N2O. The van der Waals surface area contributed by atoms with Gasteiger partial charge in [0.15, 0.2) is 0 Å². The molecule has 0 amide bonds. The Balaban J connectivity index is 2.70. The summed E-state index contributed by atoms with van der Waals surface area (Å²) in [6.45, 7) is 7.14. The molecule has 3 nitrogen and oxygen atoms in total. The van der Waals surface area contributed by atoms with Gasteiger partial charge in [-0.25, -0.2) is 0 Å². The molecule has 0 aromatic carbocycles. The minimum atomic E-state index is 0.159. The van der Waals surface area contributed by atoms with Gasteiger partial charge in [0, 0.05) is 18.3 Å². The van der Waals surface area contributed by atoms with E-state index in [-0.39, 0.29) is 5.56 Å². The van der Waals surface area contributed by atoms with Crippen LogP contribution in [0.3, 0.4) is 0 Å². The lowest BCUT2D eigenvalue weighted by Crippen LogP contribution is -2.21. The first-order valence-electron chi connectivity index (χ1n) is 5.42. The highest BCUT2D eigenvalue weighted by atomic mass is 16.1. The third-order valence-electron chi connectivity index (χ3n) is 2.26. The Morgan fingerprint density at radius 2 is 2.21 bits per heavy atom. The molecule has 1 heterocycles. The van der Waals surface area contributed by atoms with Gasteiger partial charge in [0.05, 0.1) is 0 Å². The number of aromatic nitrogens is 2. The molecular weight excluding hydrogens is 176 g/mol. The molecule has 0 saturated carbocycles. The lowest BCUT2D eigenvalue weighted by atomic mass is 10.1. The van der Waals surface area contributed by atoms with E-state index in [1.165, 1.54) is 0 Å². The molecule has 0 spiro atoms. The standard InChI is InChI=1S/C11H20N2O/c1-4-5-6-10-7-12-13(11(10)14)8-9(2)3/h7,9,12H,4-6,8H2,1-3H3. The van der Waals surface area contributed by atoms with Gasteiger partial charge in [-0.2, -0.15) is 0 Å². The van der Waals surface area contributed by atoms with Crippen molar-refractivity contribution in [1.82, 2.24) is 9.78 Å². The number of unbranched alkanes of at least 4 members (excludes halogenated alkanes) is 1. The third-order valence-corrected chi connectivity index (χ3v) is 2.26. The summed E-state index contributed by atoms with van der Waals surface area (Å²) in [5, 5.41) is 3.02. The van der Waals surface area contributed by atoms with Gasteiger partial charge in [-0.05, 0) is 18.8 Å². The number of hydrogen-bond acceptors (Lipinski definition) is 1. The van der Waals surface area contributed by atoms with E-state index >= 15 is 0 Å². The maximum absolute atomic E-state index is 11.7. The zero-order chi connectivity index (χ0) is 10.6. The SMILES string of the molecule is CCCCc1c[nH]n(CC(C)C)c1=O. The van der Waals surface area contributed by atoms with E-state index < -0.39 is 0 Å². The summed E-state index contributed by atoms with van der Waals surface area (Å²) in [4.78, 5) is 11.7. The van der Waals surface area contributed by atoms with Crippen molar-refractivity contribution in [3.8, 4) is 0 Å². The molecule has 0 aliphatic carbocycles. The Bertz CT molecular complexity index is 322. The van der Waals surface area contributed by atoms with Crippen LogP contribution in [-0.4, -0.2) is 9.78 Å². The predicted octanol–water partition coefficient (Wildman–Crippen LogP) is 2.17. The predicted molar refractivity (Wildman–Crippen MR) is 58.5 cm³/mol.